The maximum Gasteiger partial charge on any atom is 0.416 e. The molecule has 34 heavy (non-hydrogen) atoms. The van der Waals surface area contributed by atoms with Crippen LogP contribution in [0.5, 0.6) is 11.5 Å². The van der Waals surface area contributed by atoms with Gasteiger partial charge in [0.2, 0.25) is 6.79 Å². The van der Waals surface area contributed by atoms with E-state index in [0.717, 1.165) is 62.2 Å². The Labute approximate surface area is 195 Å². The number of nitrogens with zero attached hydrogens (tertiary/aromatic N) is 4. The summed E-state index contributed by atoms with van der Waals surface area (Å²) in [6, 6.07) is 13.2. The molecule has 7 nitrogen and oxygen atoms in total. The van der Waals surface area contributed by atoms with Crippen LogP contribution in [0.25, 0.3) is 0 Å². The van der Waals surface area contributed by atoms with E-state index in [1.54, 1.807) is 6.07 Å². The Hall–Kier alpha value is -3.53. The summed E-state index contributed by atoms with van der Waals surface area (Å²) < 4.78 is 49.6. The Morgan fingerprint density at radius 3 is 2.53 bits per heavy atom. The zero-order valence-corrected chi connectivity index (χ0v) is 18.4. The number of fused-ring (bicyclic) bond motifs is 1. The Morgan fingerprint density at radius 2 is 1.71 bits per heavy atom. The Kier molecular flexibility index (Phi) is 6.14. The third kappa shape index (κ3) is 5.17. The summed E-state index contributed by atoms with van der Waals surface area (Å²) in [6.45, 7) is 4.73. The Balaban J connectivity index is 1.15. The van der Waals surface area contributed by atoms with E-state index in [4.69, 9.17) is 9.47 Å². The normalized spacial score (nSPS) is 16.0. The van der Waals surface area contributed by atoms with Gasteiger partial charge in [0.1, 0.15) is 18.0 Å². The van der Waals surface area contributed by atoms with Gasteiger partial charge in [-0.15, -0.1) is 0 Å². The highest BCUT2D eigenvalue weighted by Gasteiger charge is 2.30. The van der Waals surface area contributed by atoms with Crippen LogP contribution in [0.4, 0.5) is 24.8 Å². The molecular weight excluding hydrogens is 447 g/mol. The lowest BCUT2D eigenvalue weighted by Crippen LogP contribution is -2.46. The molecule has 1 aromatic heterocycles. The molecule has 2 aliphatic rings. The van der Waals surface area contributed by atoms with Crippen molar-refractivity contribution in [2.75, 3.05) is 43.2 Å². The molecule has 10 heteroatoms. The highest BCUT2D eigenvalue weighted by molar-refractivity contribution is 5.49. The number of hydrogen-bond donors (Lipinski definition) is 1. The zero-order chi connectivity index (χ0) is 23.5. The summed E-state index contributed by atoms with van der Waals surface area (Å²) in [4.78, 5) is 13.2. The minimum Gasteiger partial charge on any atom is -0.454 e. The number of aromatic nitrogens is 2. The number of ether oxygens (including phenoxy) is 2. The lowest BCUT2D eigenvalue weighted by molar-refractivity contribution is -0.137. The van der Waals surface area contributed by atoms with Crippen LogP contribution in [0, 0.1) is 0 Å². The molecular formula is C24H24F3N5O2. The fourth-order valence-electron chi connectivity index (χ4n) is 4.10. The number of hydrogen-bond acceptors (Lipinski definition) is 7. The second-order valence-electron chi connectivity index (χ2n) is 8.26. The molecule has 0 unspecified atom stereocenters. The standard InChI is InChI=1S/C24H24F3N5O2/c25-24(26,27)19-3-1-2-17(10-19)13-28-22-12-23(30-15-29-22)32-8-6-31(7-9-32)14-18-4-5-20-21(11-18)34-16-33-20/h1-5,10-12,15H,6-9,13-14,16H2,(H,28,29,30). The van der Waals surface area contributed by atoms with Gasteiger partial charge in [0, 0.05) is 45.3 Å². The predicted molar refractivity (Wildman–Crippen MR) is 121 cm³/mol. The molecule has 0 atom stereocenters. The number of anilines is 2. The van der Waals surface area contributed by atoms with Gasteiger partial charge in [-0.2, -0.15) is 13.2 Å². The van der Waals surface area contributed by atoms with E-state index in [9.17, 15) is 13.2 Å². The maximum absolute atomic E-state index is 12.9. The number of halogens is 3. The highest BCUT2D eigenvalue weighted by Crippen LogP contribution is 2.33. The van der Waals surface area contributed by atoms with Crippen molar-refractivity contribution >= 4 is 11.6 Å². The molecule has 1 saturated heterocycles. The van der Waals surface area contributed by atoms with Crippen LogP contribution in [-0.2, 0) is 19.3 Å². The fraction of sp³-hybridized carbons (Fsp3) is 0.333. The Morgan fingerprint density at radius 1 is 0.882 bits per heavy atom. The largest absolute Gasteiger partial charge is 0.454 e. The maximum atomic E-state index is 12.9. The summed E-state index contributed by atoms with van der Waals surface area (Å²) in [5.41, 5.74) is 1.06. The summed E-state index contributed by atoms with van der Waals surface area (Å²) >= 11 is 0. The molecule has 0 bridgehead atoms. The van der Waals surface area contributed by atoms with Crippen molar-refractivity contribution in [3.8, 4) is 11.5 Å². The third-order valence-corrected chi connectivity index (χ3v) is 5.92. The Bertz CT molecular complexity index is 1150. The van der Waals surface area contributed by atoms with E-state index < -0.39 is 11.7 Å². The second-order valence-corrected chi connectivity index (χ2v) is 8.26. The second kappa shape index (κ2) is 9.38. The van der Waals surface area contributed by atoms with Crippen LogP contribution >= 0.6 is 0 Å². The van der Waals surface area contributed by atoms with Gasteiger partial charge in [-0.1, -0.05) is 18.2 Å². The van der Waals surface area contributed by atoms with Crippen LogP contribution in [0.1, 0.15) is 16.7 Å². The van der Waals surface area contributed by atoms with E-state index in [2.05, 4.69) is 31.2 Å². The van der Waals surface area contributed by atoms with Gasteiger partial charge in [-0.05, 0) is 35.4 Å². The van der Waals surface area contributed by atoms with E-state index in [-0.39, 0.29) is 13.3 Å². The lowest BCUT2D eigenvalue weighted by atomic mass is 10.1. The number of alkyl halides is 3. The van der Waals surface area contributed by atoms with Crippen LogP contribution in [-0.4, -0.2) is 47.8 Å². The van der Waals surface area contributed by atoms with Gasteiger partial charge in [-0.3, -0.25) is 4.90 Å². The number of benzene rings is 2. The first-order valence-electron chi connectivity index (χ1n) is 11.0. The molecule has 0 saturated carbocycles. The average Bonchev–Trinajstić information content (AvgIpc) is 3.31. The van der Waals surface area contributed by atoms with E-state index >= 15 is 0 Å². The molecule has 178 valence electrons. The molecule has 0 spiro atoms. The summed E-state index contributed by atoms with van der Waals surface area (Å²) in [6.07, 6.45) is -2.88. The lowest BCUT2D eigenvalue weighted by Gasteiger charge is -2.35. The molecule has 3 aromatic rings. The zero-order valence-electron chi connectivity index (χ0n) is 18.4. The smallest absolute Gasteiger partial charge is 0.416 e. The third-order valence-electron chi connectivity index (χ3n) is 5.92. The monoisotopic (exact) mass is 471 g/mol. The van der Waals surface area contributed by atoms with Crippen molar-refractivity contribution in [3.05, 3.63) is 71.5 Å². The first kappa shape index (κ1) is 22.3. The minimum absolute atomic E-state index is 0.240. The van der Waals surface area contributed by atoms with Crippen molar-refractivity contribution in [1.29, 1.82) is 0 Å². The number of nitrogens with one attached hydrogen (secondary N) is 1. The molecule has 1 fully saturated rings. The first-order chi connectivity index (χ1) is 16.4. The summed E-state index contributed by atoms with van der Waals surface area (Å²) in [5.74, 6) is 2.95. The van der Waals surface area contributed by atoms with E-state index in [1.165, 1.54) is 18.0 Å². The van der Waals surface area contributed by atoms with Gasteiger partial charge in [-0.25, -0.2) is 9.97 Å². The van der Waals surface area contributed by atoms with Crippen molar-refractivity contribution in [2.45, 2.75) is 19.3 Å². The number of rotatable bonds is 6. The molecule has 0 amide bonds. The molecule has 0 aliphatic carbocycles. The van der Waals surface area contributed by atoms with Gasteiger partial charge in [0.25, 0.3) is 0 Å². The van der Waals surface area contributed by atoms with Gasteiger partial charge < -0.3 is 19.7 Å². The van der Waals surface area contributed by atoms with Crippen molar-refractivity contribution in [1.82, 2.24) is 14.9 Å². The molecule has 2 aliphatic heterocycles. The van der Waals surface area contributed by atoms with Crippen LogP contribution < -0.4 is 19.7 Å². The fourth-order valence-corrected chi connectivity index (χ4v) is 4.10. The van der Waals surface area contributed by atoms with E-state index in [0.29, 0.717) is 11.4 Å². The minimum atomic E-state index is -4.36. The molecule has 2 aromatic carbocycles. The van der Waals surface area contributed by atoms with Crippen molar-refractivity contribution in [3.63, 3.8) is 0 Å². The van der Waals surface area contributed by atoms with Crippen LogP contribution in [0.3, 0.4) is 0 Å². The highest BCUT2D eigenvalue weighted by atomic mass is 19.4. The summed E-state index contributed by atoms with van der Waals surface area (Å²) in [5, 5.41) is 3.10. The average molecular weight is 471 g/mol. The molecule has 1 N–H and O–H groups in total. The van der Waals surface area contributed by atoms with Gasteiger partial charge in [0.15, 0.2) is 11.5 Å². The molecule has 3 heterocycles. The van der Waals surface area contributed by atoms with Crippen molar-refractivity contribution in [2.24, 2.45) is 0 Å². The molecule has 5 rings (SSSR count). The first-order valence-corrected chi connectivity index (χ1v) is 11.0. The number of piperazine rings is 1. The van der Waals surface area contributed by atoms with E-state index in [1.807, 2.05) is 18.2 Å². The predicted octanol–water partition coefficient (Wildman–Crippen LogP) is 4.16. The van der Waals surface area contributed by atoms with Crippen molar-refractivity contribution < 1.29 is 22.6 Å². The quantitative estimate of drug-likeness (QED) is 0.579. The van der Waals surface area contributed by atoms with Crippen LogP contribution in [0.15, 0.2) is 54.9 Å². The van der Waals surface area contributed by atoms with Gasteiger partial charge >= 0.3 is 6.18 Å². The summed E-state index contributed by atoms with van der Waals surface area (Å²) in [7, 11) is 0. The SMILES string of the molecule is FC(F)(F)c1cccc(CNc2cc(N3CCN(Cc4ccc5c(c4)OCO5)CC3)ncn2)c1. The van der Waals surface area contributed by atoms with Crippen LogP contribution in [0.2, 0.25) is 0 Å². The van der Waals surface area contributed by atoms with Gasteiger partial charge in [0.05, 0.1) is 5.56 Å². The topological polar surface area (TPSA) is 62.8 Å². The molecule has 0 radical (unpaired) electrons.